The molecule has 0 radical (unpaired) electrons. The molecule has 2 unspecified atom stereocenters. The number of nitriles is 1. The molecule has 2 saturated heterocycles. The third-order valence-corrected chi connectivity index (χ3v) is 5.56. The van der Waals surface area contributed by atoms with Crippen molar-refractivity contribution in [3.63, 3.8) is 0 Å². The van der Waals surface area contributed by atoms with Gasteiger partial charge in [0.25, 0.3) is 0 Å². The summed E-state index contributed by atoms with van der Waals surface area (Å²) in [6.07, 6.45) is 0.738. The van der Waals surface area contributed by atoms with E-state index in [2.05, 4.69) is 16.3 Å². The molecule has 7 heteroatoms. The molecule has 152 valence electrons. The highest BCUT2D eigenvalue weighted by Crippen LogP contribution is 2.31. The average molecular weight is 386 g/mol. The van der Waals surface area contributed by atoms with Crippen LogP contribution in [0.4, 0.5) is 10.5 Å². The minimum Gasteiger partial charge on any atom is -0.441 e. The van der Waals surface area contributed by atoms with Gasteiger partial charge in [0.05, 0.1) is 18.2 Å². The summed E-state index contributed by atoms with van der Waals surface area (Å²) in [6, 6.07) is 9.64. The maximum Gasteiger partial charge on any atom is 0.410 e. The molecule has 2 aliphatic rings. The van der Waals surface area contributed by atoms with Gasteiger partial charge in [0.15, 0.2) is 0 Å². The Kier molecular flexibility index (Phi) is 6.42. The summed E-state index contributed by atoms with van der Waals surface area (Å²) in [6.45, 7) is 8.72. The third kappa shape index (κ3) is 5.15. The Balaban J connectivity index is 1.35. The summed E-state index contributed by atoms with van der Waals surface area (Å²) in [7, 11) is 0. The first-order valence-corrected chi connectivity index (χ1v) is 9.95. The number of aliphatic hydroxyl groups excluding tert-OH is 1. The molecule has 2 fully saturated rings. The molecule has 2 aliphatic heterocycles. The van der Waals surface area contributed by atoms with E-state index in [1.54, 1.807) is 18.7 Å². The molecule has 2 atom stereocenters. The van der Waals surface area contributed by atoms with E-state index in [9.17, 15) is 9.90 Å². The number of aliphatic hydroxyl groups is 1. The van der Waals surface area contributed by atoms with Crippen molar-refractivity contribution in [3.05, 3.63) is 29.8 Å². The van der Waals surface area contributed by atoms with E-state index in [-0.39, 0.29) is 12.7 Å². The quantitative estimate of drug-likeness (QED) is 0.698. The SMILES string of the molecule is CC(C)(CO)OC(=O)N1CC2CN(CCCNc3ccc(C#N)cc3)CC2C1. The summed E-state index contributed by atoms with van der Waals surface area (Å²) in [5.41, 5.74) is 0.882. The zero-order chi connectivity index (χ0) is 20.1. The number of anilines is 1. The van der Waals surface area contributed by atoms with Crippen LogP contribution in [0.3, 0.4) is 0 Å². The second kappa shape index (κ2) is 8.80. The normalized spacial score (nSPS) is 22.0. The van der Waals surface area contributed by atoms with Gasteiger partial charge in [0.2, 0.25) is 0 Å². The number of fused-ring (bicyclic) bond motifs is 1. The van der Waals surface area contributed by atoms with Gasteiger partial charge >= 0.3 is 6.09 Å². The summed E-state index contributed by atoms with van der Waals surface area (Å²) in [5, 5.41) is 21.5. The van der Waals surface area contributed by atoms with Crippen LogP contribution in [-0.2, 0) is 4.74 Å². The van der Waals surface area contributed by atoms with Crippen LogP contribution in [0.15, 0.2) is 24.3 Å². The molecule has 0 bridgehead atoms. The molecule has 0 aliphatic carbocycles. The number of likely N-dealkylation sites (tertiary alicyclic amines) is 2. The van der Waals surface area contributed by atoms with E-state index in [0.29, 0.717) is 17.4 Å². The van der Waals surface area contributed by atoms with Crippen molar-refractivity contribution in [2.75, 3.05) is 51.2 Å². The molecule has 3 rings (SSSR count). The number of hydrogen-bond acceptors (Lipinski definition) is 6. The zero-order valence-electron chi connectivity index (χ0n) is 16.7. The highest BCUT2D eigenvalue weighted by molar-refractivity contribution is 5.68. The van der Waals surface area contributed by atoms with Crippen LogP contribution in [0.2, 0.25) is 0 Å². The Bertz CT molecular complexity index is 699. The largest absolute Gasteiger partial charge is 0.441 e. The van der Waals surface area contributed by atoms with Gasteiger partial charge in [0.1, 0.15) is 5.60 Å². The fourth-order valence-electron chi connectivity index (χ4n) is 3.95. The smallest absolute Gasteiger partial charge is 0.410 e. The first-order chi connectivity index (χ1) is 13.4. The molecule has 2 heterocycles. The van der Waals surface area contributed by atoms with Gasteiger partial charge in [-0.2, -0.15) is 5.26 Å². The van der Waals surface area contributed by atoms with E-state index >= 15 is 0 Å². The second-order valence-electron chi connectivity index (χ2n) is 8.44. The monoisotopic (exact) mass is 386 g/mol. The summed E-state index contributed by atoms with van der Waals surface area (Å²) < 4.78 is 5.40. The van der Waals surface area contributed by atoms with Crippen LogP contribution in [0.1, 0.15) is 25.8 Å². The van der Waals surface area contributed by atoms with Crippen molar-refractivity contribution in [2.45, 2.75) is 25.9 Å². The molecule has 0 spiro atoms. The van der Waals surface area contributed by atoms with Crippen LogP contribution in [-0.4, -0.2) is 72.5 Å². The minimum atomic E-state index is -0.831. The number of ether oxygens (including phenoxy) is 1. The molecule has 2 N–H and O–H groups in total. The maximum atomic E-state index is 12.3. The van der Waals surface area contributed by atoms with Crippen molar-refractivity contribution < 1.29 is 14.6 Å². The molecular weight excluding hydrogens is 356 g/mol. The van der Waals surface area contributed by atoms with Gasteiger partial charge in [-0.1, -0.05) is 0 Å². The number of amides is 1. The van der Waals surface area contributed by atoms with E-state index in [1.807, 2.05) is 24.3 Å². The summed E-state index contributed by atoms with van der Waals surface area (Å²) >= 11 is 0. The number of hydrogen-bond donors (Lipinski definition) is 2. The number of benzene rings is 1. The van der Waals surface area contributed by atoms with Gasteiger partial charge < -0.3 is 25.0 Å². The first kappa shape index (κ1) is 20.4. The molecule has 1 aromatic rings. The van der Waals surface area contributed by atoms with E-state index in [4.69, 9.17) is 10.00 Å². The second-order valence-corrected chi connectivity index (χ2v) is 8.44. The highest BCUT2D eigenvalue weighted by atomic mass is 16.6. The molecule has 0 saturated carbocycles. The molecule has 1 aromatic carbocycles. The molecular formula is C21H30N4O3. The number of rotatable bonds is 7. The maximum absolute atomic E-state index is 12.3. The van der Waals surface area contributed by atoms with Crippen LogP contribution in [0.25, 0.3) is 0 Å². The summed E-state index contributed by atoms with van der Waals surface area (Å²) in [4.78, 5) is 16.5. The van der Waals surface area contributed by atoms with Crippen molar-refractivity contribution in [1.29, 1.82) is 5.26 Å². The van der Waals surface area contributed by atoms with Gasteiger partial charge in [-0.3, -0.25) is 0 Å². The van der Waals surface area contributed by atoms with E-state index in [0.717, 1.165) is 51.4 Å². The lowest BCUT2D eigenvalue weighted by Gasteiger charge is -2.27. The van der Waals surface area contributed by atoms with Crippen LogP contribution in [0, 0.1) is 23.2 Å². The Morgan fingerprint density at radius 2 is 1.89 bits per heavy atom. The van der Waals surface area contributed by atoms with Gasteiger partial charge in [-0.15, -0.1) is 0 Å². The highest BCUT2D eigenvalue weighted by Gasteiger charge is 2.42. The molecule has 0 aromatic heterocycles. The minimum absolute atomic E-state index is 0.177. The third-order valence-electron chi connectivity index (χ3n) is 5.56. The first-order valence-electron chi connectivity index (χ1n) is 9.95. The Hall–Kier alpha value is -2.30. The number of carbonyl (C=O) groups excluding carboxylic acids is 1. The standard InChI is InChI=1S/C21H30N4O3/c1-21(2,15-26)28-20(27)25-13-17-11-24(12-18(17)14-25)9-3-8-23-19-6-4-16(10-22)5-7-19/h4-7,17-18,23,26H,3,8-9,11-15H2,1-2H3. The predicted octanol–water partition coefficient (Wildman–Crippen LogP) is 2.13. The van der Waals surface area contributed by atoms with Crippen LogP contribution in [0.5, 0.6) is 0 Å². The van der Waals surface area contributed by atoms with E-state index < -0.39 is 5.60 Å². The number of nitrogens with zero attached hydrogens (tertiary/aromatic N) is 3. The topological polar surface area (TPSA) is 88.8 Å². The molecule has 28 heavy (non-hydrogen) atoms. The van der Waals surface area contributed by atoms with Gasteiger partial charge in [-0.25, -0.2) is 4.79 Å². The molecule has 1 amide bonds. The van der Waals surface area contributed by atoms with E-state index in [1.165, 1.54) is 0 Å². The predicted molar refractivity (Wildman–Crippen MR) is 107 cm³/mol. The summed E-state index contributed by atoms with van der Waals surface area (Å²) in [5.74, 6) is 1.02. The van der Waals surface area contributed by atoms with Gasteiger partial charge in [0, 0.05) is 38.4 Å². The van der Waals surface area contributed by atoms with Crippen LogP contribution < -0.4 is 5.32 Å². The molecule has 7 nitrogen and oxygen atoms in total. The average Bonchev–Trinajstić information content (AvgIpc) is 3.24. The van der Waals surface area contributed by atoms with Crippen molar-refractivity contribution in [3.8, 4) is 6.07 Å². The lowest BCUT2D eigenvalue weighted by molar-refractivity contribution is -0.0191. The lowest BCUT2D eigenvalue weighted by Crippen LogP contribution is -2.40. The zero-order valence-corrected chi connectivity index (χ0v) is 16.7. The van der Waals surface area contributed by atoms with Crippen molar-refractivity contribution >= 4 is 11.8 Å². The fourth-order valence-corrected chi connectivity index (χ4v) is 3.95. The van der Waals surface area contributed by atoms with Crippen LogP contribution >= 0.6 is 0 Å². The Labute approximate surface area is 166 Å². The number of nitrogens with one attached hydrogen (secondary N) is 1. The fraction of sp³-hybridized carbons (Fsp3) is 0.619. The van der Waals surface area contributed by atoms with Crippen molar-refractivity contribution in [2.24, 2.45) is 11.8 Å². The van der Waals surface area contributed by atoms with Crippen molar-refractivity contribution in [1.82, 2.24) is 9.80 Å². The Morgan fingerprint density at radius 3 is 2.46 bits per heavy atom. The number of carbonyl (C=O) groups is 1. The lowest BCUT2D eigenvalue weighted by atomic mass is 10.0. The Morgan fingerprint density at radius 1 is 1.25 bits per heavy atom. The van der Waals surface area contributed by atoms with Gasteiger partial charge in [-0.05, 0) is 62.9 Å².